The number of methoxy groups -OCH3 is 1. The molecule has 2 heterocycles. The Morgan fingerprint density at radius 3 is 2.65 bits per heavy atom. The summed E-state index contributed by atoms with van der Waals surface area (Å²) < 4.78 is 11.6. The molecule has 26 heavy (non-hydrogen) atoms. The molecule has 2 aromatic rings. The molecule has 0 aromatic heterocycles. The van der Waals surface area contributed by atoms with Gasteiger partial charge in [-0.3, -0.25) is 10.1 Å². The van der Waals surface area contributed by atoms with Crippen LogP contribution in [0, 0.1) is 10.1 Å². The minimum absolute atomic E-state index is 0.357. The van der Waals surface area contributed by atoms with Crippen LogP contribution in [-0.2, 0) is 0 Å². The lowest BCUT2D eigenvalue weighted by atomic mass is 9.75. The van der Waals surface area contributed by atoms with Crippen LogP contribution in [0.25, 0.3) is 0 Å². The maximum absolute atomic E-state index is 12.2. The molecule has 134 valence electrons. The van der Waals surface area contributed by atoms with E-state index in [2.05, 4.69) is 10.2 Å². The summed E-state index contributed by atoms with van der Waals surface area (Å²) in [5, 5.41) is 21.1. The molecule has 0 fully saturated rings. The Hall–Kier alpha value is -2.67. The fraction of sp³-hybridized carbons (Fsp3) is 0.333. The molecule has 7 nitrogen and oxygen atoms in total. The molecule has 2 aliphatic heterocycles. The van der Waals surface area contributed by atoms with Crippen molar-refractivity contribution >= 4 is 11.6 Å². The summed E-state index contributed by atoms with van der Waals surface area (Å²) in [7, 11) is 1.54. The number of nitrogens with zero attached hydrogens (tertiary/aromatic N) is 3. The van der Waals surface area contributed by atoms with Crippen molar-refractivity contribution in [2.24, 2.45) is 10.2 Å². The summed E-state index contributed by atoms with van der Waals surface area (Å²) in [5.74, 6) is 0.464. The average Bonchev–Trinajstić information content (AvgIpc) is 3.00. The number of ether oxygens (including phenoxy) is 2. The van der Waals surface area contributed by atoms with Crippen LogP contribution in [0.2, 0.25) is 5.02 Å². The lowest BCUT2D eigenvalue weighted by molar-refractivity contribution is -0.586. The number of hydrogen-bond donors (Lipinski definition) is 0. The van der Waals surface area contributed by atoms with Gasteiger partial charge < -0.3 is 9.47 Å². The van der Waals surface area contributed by atoms with Gasteiger partial charge in [-0.1, -0.05) is 35.9 Å². The van der Waals surface area contributed by atoms with E-state index < -0.39 is 17.7 Å². The van der Waals surface area contributed by atoms with Gasteiger partial charge in [0.2, 0.25) is 6.10 Å². The first-order chi connectivity index (χ1) is 12.5. The molecule has 4 atom stereocenters. The fourth-order valence-corrected chi connectivity index (χ4v) is 3.96. The van der Waals surface area contributed by atoms with Crippen molar-refractivity contribution in [3.63, 3.8) is 0 Å². The van der Waals surface area contributed by atoms with Gasteiger partial charge in [0.05, 0.1) is 18.1 Å². The van der Waals surface area contributed by atoms with Crippen molar-refractivity contribution in [1.29, 1.82) is 0 Å². The number of nitro groups is 1. The van der Waals surface area contributed by atoms with Gasteiger partial charge in [0.15, 0.2) is 11.5 Å². The van der Waals surface area contributed by atoms with Crippen LogP contribution >= 0.6 is 11.6 Å². The van der Waals surface area contributed by atoms with Gasteiger partial charge in [0.25, 0.3) is 0 Å². The molecule has 0 amide bonds. The monoisotopic (exact) mass is 373 g/mol. The van der Waals surface area contributed by atoms with Crippen LogP contribution in [0.15, 0.2) is 52.7 Å². The van der Waals surface area contributed by atoms with Crippen molar-refractivity contribution < 1.29 is 14.4 Å². The van der Waals surface area contributed by atoms with Crippen LogP contribution in [0.3, 0.4) is 0 Å². The van der Waals surface area contributed by atoms with Crippen molar-refractivity contribution in [3.05, 3.63) is 68.7 Å². The third kappa shape index (κ3) is 2.20. The minimum atomic E-state index is -1.73. The highest BCUT2D eigenvalue weighted by Crippen LogP contribution is 2.57. The Kier molecular flexibility index (Phi) is 3.84. The predicted molar refractivity (Wildman–Crippen MR) is 94.6 cm³/mol. The van der Waals surface area contributed by atoms with Crippen LogP contribution in [0.4, 0.5) is 0 Å². The van der Waals surface area contributed by atoms with E-state index in [1.54, 1.807) is 43.5 Å². The summed E-state index contributed by atoms with van der Waals surface area (Å²) in [6.45, 7) is 1.83. The van der Waals surface area contributed by atoms with E-state index in [0.29, 0.717) is 27.6 Å². The number of halogens is 1. The first kappa shape index (κ1) is 16.8. The van der Waals surface area contributed by atoms with E-state index in [9.17, 15) is 10.1 Å². The first-order valence-corrected chi connectivity index (χ1v) is 8.52. The molecule has 0 bridgehead atoms. The van der Waals surface area contributed by atoms with Crippen LogP contribution in [0.5, 0.6) is 11.5 Å². The average molecular weight is 374 g/mol. The van der Waals surface area contributed by atoms with Crippen LogP contribution < -0.4 is 9.47 Å². The molecule has 4 rings (SSSR count). The molecule has 0 unspecified atom stereocenters. The number of azo groups is 1. The number of para-hydroxylation sites is 1. The summed E-state index contributed by atoms with van der Waals surface area (Å²) >= 11 is 5.97. The van der Waals surface area contributed by atoms with Gasteiger partial charge in [-0.25, -0.2) is 0 Å². The van der Waals surface area contributed by atoms with E-state index in [-0.39, 0.29) is 11.0 Å². The normalized spacial score (nSPS) is 28.8. The Balaban J connectivity index is 1.97. The Bertz CT molecular complexity index is 902. The molecule has 2 aliphatic rings. The van der Waals surface area contributed by atoms with E-state index >= 15 is 0 Å². The number of rotatable bonds is 3. The third-order valence-electron chi connectivity index (χ3n) is 4.99. The topological polar surface area (TPSA) is 86.3 Å². The third-order valence-corrected chi connectivity index (χ3v) is 5.24. The quantitative estimate of drug-likeness (QED) is 0.589. The predicted octanol–water partition coefficient (Wildman–Crippen LogP) is 4.39. The molecule has 0 spiro atoms. The first-order valence-electron chi connectivity index (χ1n) is 8.14. The zero-order valence-corrected chi connectivity index (χ0v) is 14.9. The highest BCUT2D eigenvalue weighted by Gasteiger charge is 2.68. The van der Waals surface area contributed by atoms with Gasteiger partial charge in [-0.05, 0) is 25.1 Å². The van der Waals surface area contributed by atoms with E-state index in [4.69, 9.17) is 21.1 Å². The molecule has 2 aromatic carbocycles. The zero-order chi connectivity index (χ0) is 18.5. The molecule has 0 N–H and O–H groups in total. The summed E-state index contributed by atoms with van der Waals surface area (Å²) in [5.41, 5.74) is -0.434. The molecular weight excluding hydrogens is 358 g/mol. The van der Waals surface area contributed by atoms with Gasteiger partial charge in [0, 0.05) is 16.1 Å². The zero-order valence-electron chi connectivity index (χ0n) is 14.1. The Morgan fingerprint density at radius 2 is 2.00 bits per heavy atom. The van der Waals surface area contributed by atoms with Crippen molar-refractivity contribution in [3.8, 4) is 11.5 Å². The van der Waals surface area contributed by atoms with Crippen molar-refractivity contribution in [2.75, 3.05) is 7.11 Å². The Labute approximate surface area is 154 Å². The van der Waals surface area contributed by atoms with Crippen LogP contribution in [-0.4, -0.2) is 23.7 Å². The second-order valence-corrected chi connectivity index (χ2v) is 6.84. The molecule has 8 heteroatoms. The molecule has 0 aliphatic carbocycles. The van der Waals surface area contributed by atoms with E-state index in [1.807, 2.05) is 13.0 Å². The van der Waals surface area contributed by atoms with Crippen molar-refractivity contribution in [2.45, 2.75) is 30.7 Å². The van der Waals surface area contributed by atoms with E-state index in [0.717, 1.165) is 0 Å². The molecule has 0 saturated heterocycles. The van der Waals surface area contributed by atoms with Gasteiger partial charge in [-0.2, -0.15) is 5.11 Å². The molecule has 0 saturated carbocycles. The lowest BCUT2D eigenvalue weighted by Crippen LogP contribution is -2.52. The Morgan fingerprint density at radius 1 is 1.27 bits per heavy atom. The summed E-state index contributed by atoms with van der Waals surface area (Å²) in [6, 6.07) is 11.8. The number of hydrogen-bond acceptors (Lipinski definition) is 6. The summed E-state index contributed by atoms with van der Waals surface area (Å²) in [6.07, 6.45) is -0.947. The second kappa shape index (κ2) is 5.95. The van der Waals surface area contributed by atoms with Crippen molar-refractivity contribution in [1.82, 2.24) is 0 Å². The molecule has 0 radical (unpaired) electrons. The molecular formula is C18H16ClN3O4. The highest BCUT2D eigenvalue weighted by molar-refractivity contribution is 6.30. The number of fused-ring (bicyclic) bond motifs is 3. The van der Waals surface area contributed by atoms with Gasteiger partial charge >= 0.3 is 5.66 Å². The summed E-state index contributed by atoms with van der Waals surface area (Å²) in [4.78, 5) is 11.9. The van der Waals surface area contributed by atoms with E-state index in [1.165, 1.54) is 0 Å². The SMILES string of the molecule is COc1cccc2c1O[C@@H](c1ccc(Cl)cc1)[C@]1([N+](=O)[O-])N=N[C@H](C)[C@H]21. The smallest absolute Gasteiger partial charge is 0.378 e. The minimum Gasteiger partial charge on any atom is -0.493 e. The van der Waals surface area contributed by atoms with Crippen LogP contribution in [0.1, 0.15) is 30.1 Å². The van der Waals surface area contributed by atoms with Gasteiger partial charge in [-0.15, -0.1) is 5.11 Å². The fourth-order valence-electron chi connectivity index (χ4n) is 3.84. The largest absolute Gasteiger partial charge is 0.493 e. The maximum atomic E-state index is 12.2. The van der Waals surface area contributed by atoms with Gasteiger partial charge in [0.1, 0.15) is 5.92 Å². The number of benzene rings is 2. The highest BCUT2D eigenvalue weighted by atomic mass is 35.5. The standard InChI is InChI=1S/C18H16ClN3O4/c1-10-15-13-4-3-5-14(25-2)16(13)26-17(11-6-8-12(19)9-7-11)18(15,21-20-10)22(23)24/h3-10,15,17H,1-2H3/t10-,15-,17+,18+/m1/s1. The lowest BCUT2D eigenvalue weighted by Gasteiger charge is -2.38. The maximum Gasteiger partial charge on any atom is 0.378 e. The second-order valence-electron chi connectivity index (χ2n) is 6.40.